The van der Waals surface area contributed by atoms with E-state index in [4.69, 9.17) is 4.74 Å². The van der Waals surface area contributed by atoms with Crippen molar-refractivity contribution in [1.29, 1.82) is 0 Å². The van der Waals surface area contributed by atoms with E-state index in [1.54, 1.807) is 0 Å². The summed E-state index contributed by atoms with van der Waals surface area (Å²) in [4.78, 5) is 12.0. The highest BCUT2D eigenvalue weighted by Gasteiger charge is 2.15. The van der Waals surface area contributed by atoms with Crippen LogP contribution in [0.2, 0.25) is 0 Å². The number of benzene rings is 1. The fourth-order valence-electron chi connectivity index (χ4n) is 3.11. The van der Waals surface area contributed by atoms with E-state index in [0.717, 1.165) is 51.1 Å². The third kappa shape index (κ3) is 4.05. The minimum atomic E-state index is 0.0906. The molecule has 1 unspecified atom stereocenters. The maximum Gasteiger partial charge on any atom is 0.224 e. The zero-order chi connectivity index (χ0) is 14.5. The van der Waals surface area contributed by atoms with Gasteiger partial charge in [0, 0.05) is 25.3 Å². The first-order valence-corrected chi connectivity index (χ1v) is 8.05. The lowest BCUT2D eigenvalue weighted by atomic mass is 10.0. The molecule has 2 aliphatic rings. The van der Waals surface area contributed by atoms with Gasteiger partial charge in [0.2, 0.25) is 5.91 Å². The minimum absolute atomic E-state index is 0.0906. The number of hydrogen-bond donors (Lipinski definition) is 2. The first-order valence-electron chi connectivity index (χ1n) is 8.05. The van der Waals surface area contributed by atoms with E-state index in [2.05, 4.69) is 22.8 Å². The quantitative estimate of drug-likeness (QED) is 0.895. The lowest BCUT2D eigenvalue weighted by Gasteiger charge is -2.22. The third-order valence-electron chi connectivity index (χ3n) is 4.34. The maximum atomic E-state index is 12.0. The number of amides is 1. The van der Waals surface area contributed by atoms with Gasteiger partial charge in [-0.25, -0.2) is 0 Å². The molecule has 2 N–H and O–H groups in total. The molecule has 1 fully saturated rings. The number of ether oxygens (including phenoxy) is 1. The summed E-state index contributed by atoms with van der Waals surface area (Å²) in [5, 5.41) is 6.37. The molecule has 114 valence electrons. The number of hydrogen-bond acceptors (Lipinski definition) is 3. The Hall–Kier alpha value is -1.39. The predicted molar refractivity (Wildman–Crippen MR) is 83.3 cm³/mol. The lowest BCUT2D eigenvalue weighted by molar-refractivity contribution is -0.117. The van der Waals surface area contributed by atoms with Gasteiger partial charge in [0.05, 0.1) is 6.10 Å². The topological polar surface area (TPSA) is 50.4 Å². The first-order chi connectivity index (χ1) is 10.3. The van der Waals surface area contributed by atoms with Gasteiger partial charge in [0.1, 0.15) is 0 Å². The molecule has 0 aliphatic carbocycles. The number of nitrogens with one attached hydrogen (secondary N) is 2. The second-order valence-corrected chi connectivity index (χ2v) is 5.99. The van der Waals surface area contributed by atoms with Crippen LogP contribution >= 0.6 is 0 Å². The van der Waals surface area contributed by atoms with Gasteiger partial charge in [-0.05, 0) is 61.9 Å². The van der Waals surface area contributed by atoms with Crippen LogP contribution in [0.15, 0.2) is 18.2 Å². The number of carbonyl (C=O) groups excluding carboxylic acids is 1. The molecule has 4 nitrogen and oxygen atoms in total. The second-order valence-electron chi connectivity index (χ2n) is 5.99. The van der Waals surface area contributed by atoms with Crippen LogP contribution in [0.25, 0.3) is 0 Å². The lowest BCUT2D eigenvalue weighted by Crippen LogP contribution is -2.24. The largest absolute Gasteiger partial charge is 0.378 e. The Balaban J connectivity index is 1.50. The molecule has 21 heavy (non-hydrogen) atoms. The van der Waals surface area contributed by atoms with Crippen molar-refractivity contribution < 1.29 is 9.53 Å². The molecule has 1 amide bonds. The fraction of sp³-hybridized carbons (Fsp3) is 0.588. The van der Waals surface area contributed by atoms with Crippen molar-refractivity contribution in [2.75, 3.05) is 18.5 Å². The van der Waals surface area contributed by atoms with Gasteiger partial charge < -0.3 is 15.4 Å². The Morgan fingerprint density at radius 2 is 2.29 bits per heavy atom. The monoisotopic (exact) mass is 288 g/mol. The van der Waals surface area contributed by atoms with Crippen molar-refractivity contribution in [3.05, 3.63) is 29.3 Å². The maximum absolute atomic E-state index is 12.0. The summed E-state index contributed by atoms with van der Waals surface area (Å²) < 4.78 is 5.66. The van der Waals surface area contributed by atoms with Crippen molar-refractivity contribution in [3.63, 3.8) is 0 Å². The SMILES string of the molecule is O=C(CCC1CCCCO1)Nc1ccc2c(c1)CNCC2. The summed E-state index contributed by atoms with van der Waals surface area (Å²) in [6.45, 7) is 2.79. The van der Waals surface area contributed by atoms with Gasteiger partial charge in [-0.2, -0.15) is 0 Å². The van der Waals surface area contributed by atoms with Crippen molar-refractivity contribution >= 4 is 11.6 Å². The molecule has 0 aromatic heterocycles. The Labute approximate surface area is 126 Å². The highest BCUT2D eigenvalue weighted by molar-refractivity contribution is 5.90. The van der Waals surface area contributed by atoms with Crippen LogP contribution in [0, 0.1) is 0 Å². The molecule has 1 aromatic carbocycles. The second kappa shape index (κ2) is 7.05. The number of carbonyl (C=O) groups is 1. The Bertz CT molecular complexity index is 496. The predicted octanol–water partition coefficient (Wildman–Crippen LogP) is 2.62. The molecule has 0 bridgehead atoms. The first kappa shape index (κ1) is 14.5. The summed E-state index contributed by atoms with van der Waals surface area (Å²) in [6, 6.07) is 6.24. The molecular formula is C17H24N2O2. The van der Waals surface area contributed by atoms with E-state index in [9.17, 15) is 4.79 Å². The molecule has 2 aliphatic heterocycles. The highest BCUT2D eigenvalue weighted by atomic mass is 16.5. The van der Waals surface area contributed by atoms with Crippen molar-refractivity contribution in [2.45, 2.75) is 51.2 Å². The molecule has 1 atom stereocenters. The van der Waals surface area contributed by atoms with Crippen LogP contribution in [-0.4, -0.2) is 25.2 Å². The van der Waals surface area contributed by atoms with Crippen LogP contribution in [0.1, 0.15) is 43.2 Å². The van der Waals surface area contributed by atoms with Gasteiger partial charge in [0.25, 0.3) is 0 Å². The van der Waals surface area contributed by atoms with Gasteiger partial charge in [-0.3, -0.25) is 4.79 Å². The molecule has 1 saturated heterocycles. The van der Waals surface area contributed by atoms with Crippen LogP contribution in [0.4, 0.5) is 5.69 Å². The van der Waals surface area contributed by atoms with Gasteiger partial charge in [-0.15, -0.1) is 0 Å². The van der Waals surface area contributed by atoms with Crippen molar-refractivity contribution in [1.82, 2.24) is 5.32 Å². The summed E-state index contributed by atoms with van der Waals surface area (Å²) in [6.07, 6.45) is 6.20. The van der Waals surface area contributed by atoms with E-state index in [1.807, 2.05) is 6.07 Å². The van der Waals surface area contributed by atoms with Gasteiger partial charge in [-0.1, -0.05) is 6.07 Å². The molecule has 1 aromatic rings. The number of anilines is 1. The van der Waals surface area contributed by atoms with Crippen LogP contribution in [-0.2, 0) is 22.5 Å². The van der Waals surface area contributed by atoms with Crippen LogP contribution in [0.3, 0.4) is 0 Å². The van der Waals surface area contributed by atoms with E-state index in [1.165, 1.54) is 17.5 Å². The molecule has 4 heteroatoms. The van der Waals surface area contributed by atoms with E-state index >= 15 is 0 Å². The van der Waals surface area contributed by atoms with Gasteiger partial charge >= 0.3 is 0 Å². The summed E-state index contributed by atoms with van der Waals surface area (Å²) in [5.41, 5.74) is 3.60. The Morgan fingerprint density at radius 1 is 1.33 bits per heavy atom. The normalized spacial score (nSPS) is 21.6. The highest BCUT2D eigenvalue weighted by Crippen LogP contribution is 2.20. The van der Waals surface area contributed by atoms with E-state index in [-0.39, 0.29) is 12.0 Å². The minimum Gasteiger partial charge on any atom is -0.378 e. The molecular weight excluding hydrogens is 264 g/mol. The third-order valence-corrected chi connectivity index (χ3v) is 4.34. The summed E-state index contributed by atoms with van der Waals surface area (Å²) in [7, 11) is 0. The number of rotatable bonds is 4. The van der Waals surface area contributed by atoms with E-state index in [0.29, 0.717) is 6.42 Å². The van der Waals surface area contributed by atoms with Gasteiger partial charge in [0.15, 0.2) is 0 Å². The smallest absolute Gasteiger partial charge is 0.224 e. The van der Waals surface area contributed by atoms with Crippen molar-refractivity contribution in [3.8, 4) is 0 Å². The zero-order valence-electron chi connectivity index (χ0n) is 12.5. The van der Waals surface area contributed by atoms with Crippen molar-refractivity contribution in [2.24, 2.45) is 0 Å². The van der Waals surface area contributed by atoms with Crippen LogP contribution in [0.5, 0.6) is 0 Å². The summed E-state index contributed by atoms with van der Waals surface area (Å²) >= 11 is 0. The number of fused-ring (bicyclic) bond motifs is 1. The standard InChI is InChI=1S/C17H24N2O2/c20-17(7-6-16-3-1-2-10-21-16)19-15-5-4-13-8-9-18-12-14(13)11-15/h4-5,11,16,18H,1-3,6-10,12H2,(H,19,20). The molecule has 0 saturated carbocycles. The average Bonchev–Trinajstić information content (AvgIpc) is 2.54. The fourth-order valence-corrected chi connectivity index (χ4v) is 3.11. The Morgan fingerprint density at radius 3 is 3.14 bits per heavy atom. The molecule has 0 radical (unpaired) electrons. The molecule has 2 heterocycles. The zero-order valence-corrected chi connectivity index (χ0v) is 12.5. The summed E-state index contributed by atoms with van der Waals surface area (Å²) in [5.74, 6) is 0.0906. The molecule has 3 rings (SSSR count). The van der Waals surface area contributed by atoms with E-state index < -0.39 is 0 Å². The van der Waals surface area contributed by atoms with Crippen LogP contribution < -0.4 is 10.6 Å². The average molecular weight is 288 g/mol. The molecule has 0 spiro atoms. The Kier molecular flexibility index (Phi) is 4.88.